The van der Waals surface area contributed by atoms with Crippen LogP contribution in [0.2, 0.25) is 0 Å². The number of carbonyl (C=O) groups excluding carboxylic acids is 1. The van der Waals surface area contributed by atoms with Crippen molar-refractivity contribution in [2.75, 3.05) is 25.5 Å². The first-order chi connectivity index (χ1) is 9.29. The summed E-state index contributed by atoms with van der Waals surface area (Å²) in [5.74, 6) is -0.0692. The Labute approximate surface area is 119 Å². The van der Waals surface area contributed by atoms with Crippen LogP contribution in [0.25, 0.3) is 0 Å². The Hall–Kier alpha value is -1.44. The van der Waals surface area contributed by atoms with Crippen LogP contribution in [-0.2, 0) is 15.0 Å². The van der Waals surface area contributed by atoms with Gasteiger partial charge in [0, 0.05) is 38.8 Å². The van der Waals surface area contributed by atoms with E-state index in [2.05, 4.69) is 4.72 Å². The third-order valence-electron chi connectivity index (χ3n) is 3.27. The molecule has 110 valence electrons. The van der Waals surface area contributed by atoms with E-state index < -0.39 is 16.3 Å². The molecular formula is C13H19N3O3S. The van der Waals surface area contributed by atoms with Crippen molar-refractivity contribution >= 4 is 21.8 Å². The first-order valence-corrected chi connectivity index (χ1v) is 7.80. The summed E-state index contributed by atoms with van der Waals surface area (Å²) in [5, 5.41) is 0. The predicted molar refractivity (Wildman–Crippen MR) is 77.7 cm³/mol. The lowest BCUT2D eigenvalue weighted by Crippen LogP contribution is -2.43. The van der Waals surface area contributed by atoms with E-state index in [4.69, 9.17) is 0 Å². The Kier molecular flexibility index (Phi) is 4.12. The Morgan fingerprint density at radius 2 is 1.85 bits per heavy atom. The van der Waals surface area contributed by atoms with Crippen LogP contribution >= 0.6 is 0 Å². The van der Waals surface area contributed by atoms with Gasteiger partial charge in [0.25, 0.3) is 10.2 Å². The average Bonchev–Trinajstić information content (AvgIpc) is 2.70. The minimum absolute atomic E-state index is 0.0692. The van der Waals surface area contributed by atoms with E-state index in [0.717, 1.165) is 15.6 Å². The van der Waals surface area contributed by atoms with E-state index >= 15 is 0 Å². The molecule has 1 amide bonds. The first kappa shape index (κ1) is 15.0. The van der Waals surface area contributed by atoms with Crippen LogP contribution in [0.15, 0.2) is 24.3 Å². The predicted octanol–water partition coefficient (Wildman–Crippen LogP) is 0.496. The Morgan fingerprint density at radius 1 is 1.25 bits per heavy atom. The maximum Gasteiger partial charge on any atom is 0.279 e. The SMILES string of the molecule is Cc1ccc(N2C[C@@H](NS(=O)(=O)N(C)C)CC2=O)cc1. The second-order valence-electron chi connectivity index (χ2n) is 5.15. The molecule has 0 unspecified atom stereocenters. The van der Waals surface area contributed by atoms with E-state index in [1.54, 1.807) is 4.90 Å². The number of anilines is 1. The lowest BCUT2D eigenvalue weighted by atomic mass is 10.2. The monoisotopic (exact) mass is 297 g/mol. The van der Waals surface area contributed by atoms with Crippen molar-refractivity contribution in [3.63, 3.8) is 0 Å². The number of hydrogen-bond donors (Lipinski definition) is 1. The molecule has 0 saturated carbocycles. The molecule has 0 aliphatic carbocycles. The van der Waals surface area contributed by atoms with Gasteiger partial charge in [-0.25, -0.2) is 0 Å². The third-order valence-corrected chi connectivity index (χ3v) is 4.86. The Morgan fingerprint density at radius 3 is 2.40 bits per heavy atom. The molecule has 1 aliphatic heterocycles. The number of carbonyl (C=O) groups is 1. The number of nitrogens with one attached hydrogen (secondary N) is 1. The van der Waals surface area contributed by atoms with Crippen molar-refractivity contribution in [3.05, 3.63) is 29.8 Å². The molecule has 1 aromatic rings. The normalized spacial score (nSPS) is 19.9. The Bertz CT molecular complexity index is 596. The van der Waals surface area contributed by atoms with Crippen molar-refractivity contribution in [1.29, 1.82) is 0 Å². The molecule has 1 aliphatic rings. The second-order valence-corrected chi connectivity index (χ2v) is 7.06. The molecule has 1 atom stereocenters. The van der Waals surface area contributed by atoms with Gasteiger partial charge in [0.1, 0.15) is 0 Å². The highest BCUT2D eigenvalue weighted by atomic mass is 32.2. The molecule has 1 fully saturated rings. The van der Waals surface area contributed by atoms with E-state index in [9.17, 15) is 13.2 Å². The van der Waals surface area contributed by atoms with E-state index in [0.29, 0.717) is 6.54 Å². The van der Waals surface area contributed by atoms with Gasteiger partial charge in [0.15, 0.2) is 0 Å². The van der Waals surface area contributed by atoms with Gasteiger partial charge in [0.2, 0.25) is 5.91 Å². The van der Waals surface area contributed by atoms with Crippen LogP contribution in [-0.4, -0.2) is 45.3 Å². The zero-order valence-corrected chi connectivity index (χ0v) is 12.6. The van der Waals surface area contributed by atoms with Crippen molar-refractivity contribution in [3.8, 4) is 0 Å². The van der Waals surface area contributed by atoms with Gasteiger partial charge < -0.3 is 4.90 Å². The molecule has 7 heteroatoms. The van der Waals surface area contributed by atoms with Crippen molar-refractivity contribution in [2.45, 2.75) is 19.4 Å². The van der Waals surface area contributed by atoms with Crippen molar-refractivity contribution in [1.82, 2.24) is 9.03 Å². The number of aryl methyl sites for hydroxylation is 1. The van der Waals surface area contributed by atoms with Crippen molar-refractivity contribution in [2.24, 2.45) is 0 Å². The van der Waals surface area contributed by atoms with E-state index in [1.807, 2.05) is 31.2 Å². The van der Waals surface area contributed by atoms with Crippen LogP contribution < -0.4 is 9.62 Å². The summed E-state index contributed by atoms with van der Waals surface area (Å²) < 4.78 is 27.2. The molecule has 6 nitrogen and oxygen atoms in total. The second kappa shape index (κ2) is 5.51. The standard InChI is InChI=1S/C13H19N3O3S/c1-10-4-6-12(7-5-10)16-9-11(8-13(16)17)14-20(18,19)15(2)3/h4-7,11,14H,8-9H2,1-3H3/t11-/m0/s1. The van der Waals surface area contributed by atoms with Gasteiger partial charge in [-0.2, -0.15) is 17.4 Å². The van der Waals surface area contributed by atoms with Gasteiger partial charge >= 0.3 is 0 Å². The fraction of sp³-hybridized carbons (Fsp3) is 0.462. The van der Waals surface area contributed by atoms with Crippen molar-refractivity contribution < 1.29 is 13.2 Å². The van der Waals surface area contributed by atoms with Gasteiger partial charge in [-0.1, -0.05) is 17.7 Å². The molecule has 0 radical (unpaired) electrons. The molecule has 1 N–H and O–H groups in total. The van der Waals surface area contributed by atoms with Crippen LogP contribution in [0.3, 0.4) is 0 Å². The molecular weight excluding hydrogens is 278 g/mol. The zero-order valence-electron chi connectivity index (χ0n) is 11.8. The number of hydrogen-bond acceptors (Lipinski definition) is 3. The summed E-state index contributed by atoms with van der Waals surface area (Å²) in [6.07, 6.45) is 0.181. The molecule has 1 heterocycles. The third kappa shape index (κ3) is 3.17. The summed E-state index contributed by atoms with van der Waals surface area (Å²) >= 11 is 0. The van der Waals surface area contributed by atoms with Gasteiger partial charge in [0.05, 0.1) is 0 Å². The minimum atomic E-state index is -3.51. The molecule has 1 aromatic carbocycles. The number of nitrogens with zero attached hydrogens (tertiary/aromatic N) is 2. The molecule has 2 rings (SSSR count). The van der Waals surface area contributed by atoms with Crippen LogP contribution in [0.4, 0.5) is 5.69 Å². The van der Waals surface area contributed by atoms with Crippen LogP contribution in [0.1, 0.15) is 12.0 Å². The van der Waals surface area contributed by atoms with Crippen LogP contribution in [0, 0.1) is 6.92 Å². The first-order valence-electron chi connectivity index (χ1n) is 6.36. The molecule has 0 aromatic heterocycles. The minimum Gasteiger partial charge on any atom is -0.311 e. The maximum absolute atomic E-state index is 12.0. The summed E-state index contributed by atoms with van der Waals surface area (Å²) in [7, 11) is -0.603. The molecule has 0 spiro atoms. The maximum atomic E-state index is 12.0. The molecule has 1 saturated heterocycles. The lowest BCUT2D eigenvalue weighted by molar-refractivity contribution is -0.117. The van der Waals surface area contributed by atoms with Gasteiger partial charge in [-0.3, -0.25) is 4.79 Å². The smallest absolute Gasteiger partial charge is 0.279 e. The molecule has 0 bridgehead atoms. The summed E-state index contributed by atoms with van der Waals surface area (Å²) in [5.41, 5.74) is 1.91. The highest BCUT2D eigenvalue weighted by molar-refractivity contribution is 7.87. The number of rotatable bonds is 4. The Balaban J connectivity index is 2.10. The van der Waals surface area contributed by atoms with Crippen LogP contribution in [0.5, 0.6) is 0 Å². The average molecular weight is 297 g/mol. The molecule has 20 heavy (non-hydrogen) atoms. The summed E-state index contributed by atoms with van der Waals surface area (Å²) in [6.45, 7) is 2.33. The quantitative estimate of drug-likeness (QED) is 0.879. The summed E-state index contributed by atoms with van der Waals surface area (Å²) in [4.78, 5) is 13.6. The highest BCUT2D eigenvalue weighted by Crippen LogP contribution is 2.22. The fourth-order valence-electron chi connectivity index (χ4n) is 2.08. The number of amides is 1. The largest absolute Gasteiger partial charge is 0.311 e. The van der Waals surface area contributed by atoms with Gasteiger partial charge in [-0.15, -0.1) is 0 Å². The number of benzene rings is 1. The summed E-state index contributed by atoms with van der Waals surface area (Å²) in [6, 6.07) is 7.21. The highest BCUT2D eigenvalue weighted by Gasteiger charge is 2.33. The van der Waals surface area contributed by atoms with E-state index in [1.165, 1.54) is 14.1 Å². The zero-order chi connectivity index (χ0) is 14.9. The van der Waals surface area contributed by atoms with Gasteiger partial charge in [-0.05, 0) is 19.1 Å². The fourth-order valence-corrected chi connectivity index (χ4v) is 2.87. The topological polar surface area (TPSA) is 69.7 Å². The lowest BCUT2D eigenvalue weighted by Gasteiger charge is -2.19. The van der Waals surface area contributed by atoms with E-state index in [-0.39, 0.29) is 12.3 Å².